The fraction of sp³-hybridized carbons (Fsp3) is 0.462. The lowest BCUT2D eigenvalue weighted by Crippen LogP contribution is -2.24. The van der Waals surface area contributed by atoms with Crippen LogP contribution in [0.15, 0.2) is 18.2 Å². The molecule has 0 amide bonds. The predicted molar refractivity (Wildman–Crippen MR) is 70.4 cm³/mol. The van der Waals surface area contributed by atoms with Gasteiger partial charge in [0.15, 0.2) is 0 Å². The second-order valence-electron chi connectivity index (χ2n) is 4.43. The molecule has 1 aromatic rings. The molecule has 0 radical (unpaired) electrons. The Balaban J connectivity index is 2.16. The average Bonchev–Trinajstić information content (AvgIpc) is 2.78. The van der Waals surface area contributed by atoms with Crippen molar-refractivity contribution in [3.05, 3.63) is 28.8 Å². The third-order valence-electron chi connectivity index (χ3n) is 3.20. The summed E-state index contributed by atoms with van der Waals surface area (Å²) in [6.07, 6.45) is 1.17. The Hall–Kier alpha value is -1.24. The van der Waals surface area contributed by atoms with Gasteiger partial charge in [0, 0.05) is 18.1 Å². The van der Waals surface area contributed by atoms with E-state index in [0.29, 0.717) is 16.5 Å². The number of hydrogen-bond donors (Lipinski definition) is 1. The molecule has 0 spiro atoms. The fourth-order valence-electron chi connectivity index (χ4n) is 2.38. The summed E-state index contributed by atoms with van der Waals surface area (Å²) < 4.78 is 0. The summed E-state index contributed by atoms with van der Waals surface area (Å²) in [6, 6.07) is 7.75. The van der Waals surface area contributed by atoms with Gasteiger partial charge >= 0.3 is 0 Å². The van der Waals surface area contributed by atoms with E-state index in [-0.39, 0.29) is 0 Å². The minimum Gasteiger partial charge on any atom is -0.370 e. The number of halogens is 1. The predicted octanol–water partition coefficient (Wildman–Crippen LogP) is 2.26. The molecule has 0 aliphatic carbocycles. The van der Waals surface area contributed by atoms with Crippen LogP contribution in [0.4, 0.5) is 5.69 Å². The zero-order valence-corrected chi connectivity index (χ0v) is 10.7. The lowest BCUT2D eigenvalue weighted by atomic mass is 10.1. The maximum atomic E-state index is 9.12. The van der Waals surface area contributed by atoms with Gasteiger partial charge in [-0.3, -0.25) is 0 Å². The Kier molecular flexibility index (Phi) is 3.88. The molecule has 2 rings (SSSR count). The van der Waals surface area contributed by atoms with Crippen molar-refractivity contribution in [3.8, 4) is 6.07 Å². The zero-order valence-electron chi connectivity index (χ0n) is 9.91. The number of anilines is 1. The van der Waals surface area contributed by atoms with E-state index in [2.05, 4.69) is 16.3 Å². The Morgan fingerprint density at radius 2 is 2.41 bits per heavy atom. The molecule has 1 unspecified atom stereocenters. The van der Waals surface area contributed by atoms with Crippen LogP contribution in [0.5, 0.6) is 0 Å². The molecule has 90 valence electrons. The number of rotatable bonds is 3. The van der Waals surface area contributed by atoms with Crippen LogP contribution in [-0.4, -0.2) is 26.7 Å². The number of nitrogens with one attached hydrogen (secondary N) is 1. The molecule has 1 fully saturated rings. The van der Waals surface area contributed by atoms with Crippen LogP contribution >= 0.6 is 11.6 Å². The quantitative estimate of drug-likeness (QED) is 0.893. The highest BCUT2D eigenvalue weighted by Gasteiger charge is 2.23. The van der Waals surface area contributed by atoms with Crippen molar-refractivity contribution < 1.29 is 0 Å². The van der Waals surface area contributed by atoms with Crippen LogP contribution in [0.25, 0.3) is 0 Å². The van der Waals surface area contributed by atoms with Gasteiger partial charge in [0.1, 0.15) is 6.07 Å². The van der Waals surface area contributed by atoms with E-state index in [0.717, 1.165) is 25.3 Å². The molecule has 0 bridgehead atoms. The lowest BCUT2D eigenvalue weighted by Gasteiger charge is -2.20. The van der Waals surface area contributed by atoms with Crippen LogP contribution in [0.1, 0.15) is 12.0 Å². The van der Waals surface area contributed by atoms with Gasteiger partial charge in [-0.15, -0.1) is 0 Å². The largest absolute Gasteiger partial charge is 0.370 e. The van der Waals surface area contributed by atoms with Crippen molar-refractivity contribution in [1.29, 1.82) is 5.26 Å². The summed E-state index contributed by atoms with van der Waals surface area (Å²) in [5.41, 5.74) is 1.68. The van der Waals surface area contributed by atoms with Gasteiger partial charge in [0.05, 0.1) is 11.3 Å². The number of benzene rings is 1. The van der Waals surface area contributed by atoms with Gasteiger partial charge in [0.25, 0.3) is 0 Å². The molecular weight excluding hydrogens is 234 g/mol. The molecule has 1 aliphatic heterocycles. The minimum absolute atomic E-state index is 0.622. The van der Waals surface area contributed by atoms with E-state index in [4.69, 9.17) is 16.9 Å². The smallest absolute Gasteiger partial charge is 0.101 e. The summed E-state index contributed by atoms with van der Waals surface area (Å²) in [6.45, 7) is 3.06. The Morgan fingerprint density at radius 3 is 3.12 bits per heavy atom. The molecule has 1 N–H and O–H groups in total. The highest BCUT2D eigenvalue weighted by atomic mass is 35.5. The van der Waals surface area contributed by atoms with Crippen molar-refractivity contribution in [1.82, 2.24) is 5.32 Å². The van der Waals surface area contributed by atoms with Crippen molar-refractivity contribution in [2.75, 3.05) is 31.6 Å². The third kappa shape index (κ3) is 2.71. The summed E-state index contributed by atoms with van der Waals surface area (Å²) in [5.74, 6) is 0.669. The van der Waals surface area contributed by atoms with Crippen LogP contribution in [0.2, 0.25) is 5.02 Å². The first-order chi connectivity index (χ1) is 8.24. The van der Waals surface area contributed by atoms with Crippen molar-refractivity contribution >= 4 is 17.3 Å². The molecule has 1 aliphatic rings. The maximum absolute atomic E-state index is 9.12. The molecule has 1 aromatic carbocycles. The molecule has 1 saturated heterocycles. The summed E-state index contributed by atoms with van der Waals surface area (Å²) in [5, 5.41) is 13.0. The molecule has 1 heterocycles. The SMILES string of the molecule is CNCC1CCN(c2ccc(Cl)cc2C#N)C1. The first kappa shape index (κ1) is 12.2. The fourth-order valence-corrected chi connectivity index (χ4v) is 2.55. The molecule has 17 heavy (non-hydrogen) atoms. The van der Waals surface area contributed by atoms with Gasteiger partial charge in [0.2, 0.25) is 0 Å². The number of hydrogen-bond acceptors (Lipinski definition) is 3. The highest BCUT2D eigenvalue weighted by molar-refractivity contribution is 6.30. The molecule has 0 aromatic heterocycles. The summed E-state index contributed by atoms with van der Waals surface area (Å²) >= 11 is 5.90. The minimum atomic E-state index is 0.622. The topological polar surface area (TPSA) is 39.1 Å². The second-order valence-corrected chi connectivity index (χ2v) is 4.87. The first-order valence-corrected chi connectivity index (χ1v) is 6.21. The van der Waals surface area contributed by atoms with E-state index in [1.165, 1.54) is 6.42 Å². The normalized spacial score (nSPS) is 19.4. The summed E-state index contributed by atoms with van der Waals surface area (Å²) in [7, 11) is 1.98. The Labute approximate surface area is 107 Å². The monoisotopic (exact) mass is 249 g/mol. The molecule has 4 heteroatoms. The van der Waals surface area contributed by atoms with E-state index in [1.807, 2.05) is 19.2 Å². The van der Waals surface area contributed by atoms with E-state index < -0.39 is 0 Å². The number of nitriles is 1. The molecule has 3 nitrogen and oxygen atoms in total. The second kappa shape index (κ2) is 5.39. The van der Waals surface area contributed by atoms with E-state index >= 15 is 0 Å². The van der Waals surface area contributed by atoms with Crippen LogP contribution < -0.4 is 10.2 Å². The highest BCUT2D eigenvalue weighted by Crippen LogP contribution is 2.28. The third-order valence-corrected chi connectivity index (χ3v) is 3.43. The summed E-state index contributed by atoms with van der Waals surface area (Å²) in [4.78, 5) is 2.27. The van der Waals surface area contributed by atoms with Crippen molar-refractivity contribution in [2.45, 2.75) is 6.42 Å². The van der Waals surface area contributed by atoms with Gasteiger partial charge in [-0.1, -0.05) is 11.6 Å². The molecule has 0 saturated carbocycles. The Bertz CT molecular complexity index is 439. The van der Waals surface area contributed by atoms with Crippen molar-refractivity contribution in [3.63, 3.8) is 0 Å². The van der Waals surface area contributed by atoms with E-state index in [9.17, 15) is 0 Å². The number of nitrogens with zero attached hydrogens (tertiary/aromatic N) is 2. The van der Waals surface area contributed by atoms with Crippen molar-refractivity contribution in [2.24, 2.45) is 5.92 Å². The van der Waals surface area contributed by atoms with Crippen LogP contribution in [-0.2, 0) is 0 Å². The first-order valence-electron chi connectivity index (χ1n) is 5.83. The van der Waals surface area contributed by atoms with Gasteiger partial charge < -0.3 is 10.2 Å². The van der Waals surface area contributed by atoms with E-state index in [1.54, 1.807) is 6.07 Å². The van der Waals surface area contributed by atoms with Crippen LogP contribution in [0.3, 0.4) is 0 Å². The maximum Gasteiger partial charge on any atom is 0.101 e. The molecule has 1 atom stereocenters. The van der Waals surface area contributed by atoms with Gasteiger partial charge in [-0.05, 0) is 44.1 Å². The molecular formula is C13H16ClN3. The Morgan fingerprint density at radius 1 is 1.59 bits per heavy atom. The standard InChI is InChI=1S/C13H16ClN3/c1-16-8-10-4-5-17(9-10)13-3-2-12(14)6-11(13)7-15/h2-3,6,10,16H,4-5,8-9H2,1H3. The lowest BCUT2D eigenvalue weighted by molar-refractivity contribution is 0.549. The zero-order chi connectivity index (χ0) is 12.3. The van der Waals surface area contributed by atoms with Gasteiger partial charge in [-0.2, -0.15) is 5.26 Å². The average molecular weight is 250 g/mol. The van der Waals surface area contributed by atoms with Gasteiger partial charge in [-0.25, -0.2) is 0 Å². The van der Waals surface area contributed by atoms with Crippen LogP contribution in [0, 0.1) is 17.2 Å².